The lowest BCUT2D eigenvalue weighted by atomic mass is 10.1. The molecule has 0 unspecified atom stereocenters. The van der Waals surface area contributed by atoms with E-state index >= 15 is 0 Å². The normalized spacial score (nSPS) is 10.9. The number of ether oxygens (including phenoxy) is 3. The van der Waals surface area contributed by atoms with Gasteiger partial charge in [-0.3, -0.25) is 4.79 Å². The standard InChI is InChI=1S/C20H21F2NO4/c1-14-5-3-7-16(13-14)26-12-11-23-18(24)10-9-15-6-4-8-17(25-2)19(15)27-20(21)22/h3-10,13,20H,11-12H2,1-2H3,(H,23,24)/b10-9+. The Morgan fingerprint density at radius 3 is 2.70 bits per heavy atom. The SMILES string of the molecule is COc1cccc(/C=C/C(=O)NCCOc2cccc(C)c2)c1OC(F)F. The van der Waals surface area contributed by atoms with Crippen LogP contribution in [-0.2, 0) is 4.79 Å². The number of alkyl halides is 2. The van der Waals surface area contributed by atoms with Gasteiger partial charge in [0.1, 0.15) is 12.4 Å². The number of para-hydroxylation sites is 1. The van der Waals surface area contributed by atoms with E-state index in [9.17, 15) is 13.6 Å². The van der Waals surface area contributed by atoms with Crippen molar-refractivity contribution in [1.29, 1.82) is 0 Å². The van der Waals surface area contributed by atoms with Crippen molar-refractivity contribution >= 4 is 12.0 Å². The third-order valence-electron chi connectivity index (χ3n) is 3.51. The minimum atomic E-state index is -3.00. The number of carbonyl (C=O) groups is 1. The van der Waals surface area contributed by atoms with E-state index in [0.29, 0.717) is 18.7 Å². The number of rotatable bonds is 9. The second-order valence-corrected chi connectivity index (χ2v) is 5.55. The van der Waals surface area contributed by atoms with Crippen LogP contribution in [0.1, 0.15) is 11.1 Å². The lowest BCUT2D eigenvalue weighted by Gasteiger charge is -2.12. The van der Waals surface area contributed by atoms with Crippen LogP contribution in [0, 0.1) is 6.92 Å². The van der Waals surface area contributed by atoms with Gasteiger partial charge in [-0.25, -0.2) is 0 Å². The minimum absolute atomic E-state index is 0.123. The molecule has 2 aromatic carbocycles. The van der Waals surface area contributed by atoms with Crippen LogP contribution >= 0.6 is 0 Å². The molecule has 0 aromatic heterocycles. The molecule has 0 heterocycles. The number of benzene rings is 2. The molecule has 1 amide bonds. The summed E-state index contributed by atoms with van der Waals surface area (Å²) in [5.74, 6) is 0.380. The number of hydrogen-bond acceptors (Lipinski definition) is 4. The first-order valence-corrected chi connectivity index (χ1v) is 8.27. The summed E-state index contributed by atoms with van der Waals surface area (Å²) in [5, 5.41) is 2.66. The molecule has 0 spiro atoms. The molecular formula is C20H21F2NO4. The highest BCUT2D eigenvalue weighted by atomic mass is 19.3. The molecule has 0 saturated heterocycles. The molecule has 0 saturated carbocycles. The van der Waals surface area contributed by atoms with Crippen molar-refractivity contribution in [1.82, 2.24) is 5.32 Å². The molecule has 0 atom stereocenters. The summed E-state index contributed by atoms with van der Waals surface area (Å²) in [4.78, 5) is 11.9. The number of aryl methyl sites for hydroxylation is 1. The molecule has 7 heteroatoms. The Hall–Kier alpha value is -3.09. The summed E-state index contributed by atoms with van der Waals surface area (Å²) in [5.41, 5.74) is 1.39. The Morgan fingerprint density at radius 2 is 2.00 bits per heavy atom. The van der Waals surface area contributed by atoms with Gasteiger partial charge >= 0.3 is 6.61 Å². The zero-order chi connectivity index (χ0) is 19.6. The Bertz CT molecular complexity index is 793. The highest BCUT2D eigenvalue weighted by Gasteiger charge is 2.13. The monoisotopic (exact) mass is 377 g/mol. The van der Waals surface area contributed by atoms with E-state index in [4.69, 9.17) is 9.47 Å². The third kappa shape index (κ3) is 6.62. The molecule has 0 radical (unpaired) electrons. The Morgan fingerprint density at radius 1 is 1.22 bits per heavy atom. The van der Waals surface area contributed by atoms with Gasteiger partial charge in [-0.15, -0.1) is 0 Å². The van der Waals surface area contributed by atoms with Crippen LogP contribution < -0.4 is 19.5 Å². The average Bonchev–Trinajstić information content (AvgIpc) is 2.64. The Kier molecular flexibility index (Phi) is 7.61. The van der Waals surface area contributed by atoms with Crippen molar-refractivity contribution in [2.75, 3.05) is 20.3 Å². The van der Waals surface area contributed by atoms with E-state index in [2.05, 4.69) is 10.1 Å². The van der Waals surface area contributed by atoms with Crippen molar-refractivity contribution in [2.24, 2.45) is 0 Å². The van der Waals surface area contributed by atoms with Crippen molar-refractivity contribution < 1.29 is 27.8 Å². The molecule has 0 aliphatic rings. The van der Waals surface area contributed by atoms with Crippen LogP contribution in [0.3, 0.4) is 0 Å². The van der Waals surface area contributed by atoms with Crippen LogP contribution in [0.2, 0.25) is 0 Å². The molecule has 2 aromatic rings. The van der Waals surface area contributed by atoms with Gasteiger partial charge in [0.15, 0.2) is 11.5 Å². The molecule has 0 aliphatic carbocycles. The summed E-state index contributed by atoms with van der Waals surface area (Å²) < 4.78 is 40.2. The van der Waals surface area contributed by atoms with Gasteiger partial charge in [-0.05, 0) is 36.8 Å². The maximum Gasteiger partial charge on any atom is 0.387 e. The second kappa shape index (κ2) is 10.2. The molecular weight excluding hydrogens is 356 g/mol. The Labute approximate surface area is 156 Å². The van der Waals surface area contributed by atoms with Gasteiger partial charge in [0.05, 0.1) is 13.7 Å². The predicted molar refractivity (Wildman–Crippen MR) is 98.3 cm³/mol. The molecule has 144 valence electrons. The Balaban J connectivity index is 1.89. The highest BCUT2D eigenvalue weighted by Crippen LogP contribution is 2.33. The third-order valence-corrected chi connectivity index (χ3v) is 3.51. The zero-order valence-electron chi connectivity index (χ0n) is 15.1. The number of hydrogen-bond donors (Lipinski definition) is 1. The zero-order valence-corrected chi connectivity index (χ0v) is 15.1. The fourth-order valence-corrected chi connectivity index (χ4v) is 2.31. The van der Waals surface area contributed by atoms with Crippen LogP contribution in [0.5, 0.6) is 17.2 Å². The summed E-state index contributed by atoms with van der Waals surface area (Å²) in [6.07, 6.45) is 2.62. The van der Waals surface area contributed by atoms with Gasteiger partial charge < -0.3 is 19.5 Å². The topological polar surface area (TPSA) is 56.8 Å². The average molecular weight is 377 g/mol. The maximum absolute atomic E-state index is 12.6. The fourth-order valence-electron chi connectivity index (χ4n) is 2.31. The number of halogens is 2. The van der Waals surface area contributed by atoms with E-state index in [-0.39, 0.29) is 17.4 Å². The van der Waals surface area contributed by atoms with Gasteiger partial charge in [-0.1, -0.05) is 24.3 Å². The molecule has 0 bridgehead atoms. The molecule has 1 N–H and O–H groups in total. The summed E-state index contributed by atoms with van der Waals surface area (Å²) in [6.45, 7) is -0.428. The van der Waals surface area contributed by atoms with Gasteiger partial charge in [0.2, 0.25) is 5.91 Å². The number of amides is 1. The molecule has 0 aliphatic heterocycles. The summed E-state index contributed by atoms with van der Waals surface area (Å²) in [7, 11) is 1.35. The summed E-state index contributed by atoms with van der Waals surface area (Å²) >= 11 is 0. The van der Waals surface area contributed by atoms with Crippen molar-refractivity contribution in [3.63, 3.8) is 0 Å². The van der Waals surface area contributed by atoms with Crippen molar-refractivity contribution in [3.05, 3.63) is 59.7 Å². The van der Waals surface area contributed by atoms with Crippen LogP contribution in [0.4, 0.5) is 8.78 Å². The maximum atomic E-state index is 12.6. The lowest BCUT2D eigenvalue weighted by molar-refractivity contribution is -0.116. The van der Waals surface area contributed by atoms with E-state index in [1.54, 1.807) is 12.1 Å². The van der Waals surface area contributed by atoms with Crippen LogP contribution in [0.25, 0.3) is 6.08 Å². The minimum Gasteiger partial charge on any atom is -0.493 e. The first-order valence-electron chi connectivity index (χ1n) is 8.27. The largest absolute Gasteiger partial charge is 0.493 e. The van der Waals surface area contributed by atoms with E-state index in [1.165, 1.54) is 25.3 Å². The summed E-state index contributed by atoms with van der Waals surface area (Å²) in [6, 6.07) is 12.2. The smallest absolute Gasteiger partial charge is 0.387 e. The second-order valence-electron chi connectivity index (χ2n) is 5.55. The molecule has 2 rings (SSSR count). The molecule has 5 nitrogen and oxygen atoms in total. The van der Waals surface area contributed by atoms with Crippen molar-refractivity contribution in [3.8, 4) is 17.2 Å². The molecule has 27 heavy (non-hydrogen) atoms. The number of methoxy groups -OCH3 is 1. The molecule has 0 fully saturated rings. The fraction of sp³-hybridized carbons (Fsp3) is 0.250. The van der Waals surface area contributed by atoms with Gasteiger partial charge in [-0.2, -0.15) is 8.78 Å². The highest BCUT2D eigenvalue weighted by molar-refractivity contribution is 5.92. The lowest BCUT2D eigenvalue weighted by Crippen LogP contribution is -2.26. The van der Waals surface area contributed by atoms with Crippen molar-refractivity contribution in [2.45, 2.75) is 13.5 Å². The van der Waals surface area contributed by atoms with Crippen LogP contribution in [-0.4, -0.2) is 32.8 Å². The quantitative estimate of drug-likeness (QED) is 0.533. The van der Waals surface area contributed by atoms with E-state index in [1.807, 2.05) is 31.2 Å². The predicted octanol–water partition coefficient (Wildman–Crippen LogP) is 3.81. The van der Waals surface area contributed by atoms with E-state index in [0.717, 1.165) is 11.3 Å². The number of carbonyl (C=O) groups excluding carboxylic acids is 1. The first-order chi connectivity index (χ1) is 13.0. The first kappa shape index (κ1) is 20.2. The van der Waals surface area contributed by atoms with Crippen LogP contribution in [0.15, 0.2) is 48.5 Å². The van der Waals surface area contributed by atoms with Gasteiger partial charge in [0, 0.05) is 11.6 Å². The van der Waals surface area contributed by atoms with E-state index < -0.39 is 6.61 Å². The number of nitrogens with one attached hydrogen (secondary N) is 1. The van der Waals surface area contributed by atoms with Gasteiger partial charge in [0.25, 0.3) is 0 Å².